The molecule has 1 N–H and O–H groups in total. The molecular weight excluding hydrogens is 442 g/mol. The number of pyridine rings is 2. The molecule has 0 radical (unpaired) electrons. The van der Waals surface area contributed by atoms with Gasteiger partial charge in [-0.3, -0.25) is 4.79 Å². The standard InChI is InChI=1S/C27H35N5O3/c1-5-31-9-6-20(7-10-31)22-16-32(23-14-25(29-19(3)33)28-15-21(22)23)26-13-18(2)12-24(30-26)27(34-4)8-11-35-17-27/h12-16,20H,5-11,17H2,1-4H3,(H,28,29,33)/t27-/m0/s1. The number of rotatable bonds is 6. The van der Waals surface area contributed by atoms with Crippen molar-refractivity contribution in [3.63, 3.8) is 0 Å². The lowest BCUT2D eigenvalue weighted by atomic mass is 9.89. The Morgan fingerprint density at radius 3 is 2.74 bits per heavy atom. The van der Waals surface area contributed by atoms with Crippen molar-refractivity contribution < 1.29 is 14.3 Å². The lowest BCUT2D eigenvalue weighted by Crippen LogP contribution is -2.32. The monoisotopic (exact) mass is 477 g/mol. The molecule has 0 bridgehead atoms. The van der Waals surface area contributed by atoms with Gasteiger partial charge < -0.3 is 24.3 Å². The summed E-state index contributed by atoms with van der Waals surface area (Å²) >= 11 is 0. The van der Waals surface area contributed by atoms with E-state index in [2.05, 4.69) is 51.9 Å². The maximum atomic E-state index is 11.7. The molecule has 1 atom stereocenters. The summed E-state index contributed by atoms with van der Waals surface area (Å²) in [4.78, 5) is 23.9. The number of aromatic nitrogens is 3. The number of nitrogens with one attached hydrogen (secondary N) is 1. The molecule has 2 fully saturated rings. The molecule has 5 heterocycles. The Hall–Kier alpha value is -2.81. The highest BCUT2D eigenvalue weighted by Gasteiger charge is 2.39. The summed E-state index contributed by atoms with van der Waals surface area (Å²) in [6, 6.07) is 6.15. The molecule has 35 heavy (non-hydrogen) atoms. The van der Waals surface area contributed by atoms with Gasteiger partial charge in [-0.05, 0) is 68.6 Å². The third-order valence-electron chi connectivity index (χ3n) is 7.55. The van der Waals surface area contributed by atoms with Crippen molar-refractivity contribution in [2.24, 2.45) is 0 Å². The minimum absolute atomic E-state index is 0.138. The highest BCUT2D eigenvalue weighted by molar-refractivity contribution is 5.92. The summed E-state index contributed by atoms with van der Waals surface area (Å²) in [6.07, 6.45) is 7.15. The number of piperidine rings is 1. The Kier molecular flexibility index (Phi) is 6.61. The summed E-state index contributed by atoms with van der Waals surface area (Å²) in [6.45, 7) is 10.3. The van der Waals surface area contributed by atoms with E-state index in [1.165, 1.54) is 12.5 Å². The molecule has 1 amide bonds. The molecule has 0 aliphatic carbocycles. The van der Waals surface area contributed by atoms with E-state index in [1.807, 2.05) is 12.3 Å². The van der Waals surface area contributed by atoms with Crippen LogP contribution in [-0.4, -0.2) is 65.3 Å². The lowest BCUT2D eigenvalue weighted by Gasteiger charge is -2.30. The van der Waals surface area contributed by atoms with Gasteiger partial charge >= 0.3 is 0 Å². The highest BCUT2D eigenvalue weighted by Crippen LogP contribution is 2.37. The van der Waals surface area contributed by atoms with Crippen molar-refractivity contribution in [2.75, 3.05) is 45.3 Å². The van der Waals surface area contributed by atoms with Crippen molar-refractivity contribution in [1.82, 2.24) is 19.4 Å². The number of methoxy groups -OCH3 is 1. The Labute approximate surface area is 206 Å². The Bertz CT molecular complexity index is 1220. The number of hydrogen-bond acceptors (Lipinski definition) is 6. The first-order chi connectivity index (χ1) is 16.9. The molecule has 8 nitrogen and oxygen atoms in total. The van der Waals surface area contributed by atoms with Crippen LogP contribution in [0.5, 0.6) is 0 Å². The molecule has 0 saturated carbocycles. The molecule has 3 aromatic heterocycles. The minimum Gasteiger partial charge on any atom is -0.378 e. The van der Waals surface area contributed by atoms with Gasteiger partial charge in [-0.2, -0.15) is 0 Å². The van der Waals surface area contributed by atoms with E-state index in [1.54, 1.807) is 7.11 Å². The van der Waals surface area contributed by atoms with E-state index in [0.29, 0.717) is 24.9 Å². The second kappa shape index (κ2) is 9.68. The van der Waals surface area contributed by atoms with Gasteiger partial charge in [0.05, 0.1) is 17.8 Å². The second-order valence-electron chi connectivity index (χ2n) is 9.82. The average molecular weight is 478 g/mol. The lowest BCUT2D eigenvalue weighted by molar-refractivity contribution is -0.114. The fourth-order valence-electron chi connectivity index (χ4n) is 5.49. The third-order valence-corrected chi connectivity index (χ3v) is 7.55. The molecule has 0 unspecified atom stereocenters. The van der Waals surface area contributed by atoms with E-state index < -0.39 is 5.60 Å². The smallest absolute Gasteiger partial charge is 0.222 e. The SMILES string of the molecule is CCN1CCC(c2cn(-c3cc(C)cc([C@]4(OC)CCOC4)n3)c3cc(NC(C)=O)ncc23)CC1. The third kappa shape index (κ3) is 4.58. The summed E-state index contributed by atoms with van der Waals surface area (Å²) in [7, 11) is 1.73. The Morgan fingerprint density at radius 1 is 1.29 bits per heavy atom. The predicted molar refractivity (Wildman–Crippen MR) is 136 cm³/mol. The summed E-state index contributed by atoms with van der Waals surface area (Å²) in [5.74, 6) is 1.71. The molecular formula is C27H35N5O3. The Morgan fingerprint density at radius 2 is 2.09 bits per heavy atom. The molecule has 0 aromatic carbocycles. The summed E-state index contributed by atoms with van der Waals surface area (Å²) in [5, 5.41) is 3.95. The van der Waals surface area contributed by atoms with Gasteiger partial charge in [0, 0.05) is 50.9 Å². The maximum absolute atomic E-state index is 11.7. The minimum atomic E-state index is -0.525. The van der Waals surface area contributed by atoms with Crippen molar-refractivity contribution in [3.05, 3.63) is 47.4 Å². The maximum Gasteiger partial charge on any atom is 0.222 e. The van der Waals surface area contributed by atoms with Crippen molar-refractivity contribution in [3.8, 4) is 5.82 Å². The van der Waals surface area contributed by atoms with Gasteiger partial charge in [0.1, 0.15) is 17.2 Å². The van der Waals surface area contributed by atoms with E-state index in [9.17, 15) is 4.79 Å². The zero-order valence-corrected chi connectivity index (χ0v) is 21.1. The number of aryl methyl sites for hydroxylation is 1. The van der Waals surface area contributed by atoms with Gasteiger partial charge in [0.25, 0.3) is 0 Å². The first-order valence-corrected chi connectivity index (χ1v) is 12.6. The summed E-state index contributed by atoms with van der Waals surface area (Å²) in [5.41, 5.74) is 3.78. The number of hydrogen-bond donors (Lipinski definition) is 1. The molecule has 2 saturated heterocycles. The number of likely N-dealkylation sites (tertiary alicyclic amines) is 1. The number of anilines is 1. The van der Waals surface area contributed by atoms with Gasteiger partial charge in [0.2, 0.25) is 5.91 Å². The van der Waals surface area contributed by atoms with Crippen molar-refractivity contribution in [1.29, 1.82) is 0 Å². The van der Waals surface area contributed by atoms with Crippen LogP contribution in [0.1, 0.15) is 55.8 Å². The predicted octanol–water partition coefficient (Wildman–Crippen LogP) is 4.15. The first-order valence-electron chi connectivity index (χ1n) is 12.6. The van der Waals surface area contributed by atoms with Crippen LogP contribution >= 0.6 is 0 Å². The number of ether oxygens (including phenoxy) is 2. The van der Waals surface area contributed by atoms with Gasteiger partial charge in [-0.15, -0.1) is 0 Å². The van der Waals surface area contributed by atoms with E-state index >= 15 is 0 Å². The normalized spacial score (nSPS) is 21.6. The van der Waals surface area contributed by atoms with Crippen LogP contribution in [0.4, 0.5) is 5.82 Å². The fraction of sp³-hybridized carbons (Fsp3) is 0.519. The fourth-order valence-corrected chi connectivity index (χ4v) is 5.49. The molecule has 8 heteroatoms. The largest absolute Gasteiger partial charge is 0.378 e. The first kappa shape index (κ1) is 23.9. The Balaban J connectivity index is 1.63. The quantitative estimate of drug-likeness (QED) is 0.575. The van der Waals surface area contributed by atoms with Gasteiger partial charge in [-0.1, -0.05) is 6.92 Å². The van der Waals surface area contributed by atoms with Crippen LogP contribution in [0.3, 0.4) is 0 Å². The van der Waals surface area contributed by atoms with Crippen LogP contribution in [0.15, 0.2) is 30.6 Å². The number of nitrogens with zero attached hydrogens (tertiary/aromatic N) is 4. The van der Waals surface area contributed by atoms with E-state index in [4.69, 9.17) is 14.5 Å². The van der Waals surface area contributed by atoms with E-state index in [0.717, 1.165) is 66.9 Å². The summed E-state index contributed by atoms with van der Waals surface area (Å²) < 4.78 is 13.8. The van der Waals surface area contributed by atoms with E-state index in [-0.39, 0.29) is 5.91 Å². The van der Waals surface area contributed by atoms with Crippen LogP contribution in [0.25, 0.3) is 16.7 Å². The molecule has 0 spiro atoms. The number of amides is 1. The van der Waals surface area contributed by atoms with Crippen LogP contribution in [-0.2, 0) is 19.9 Å². The number of carbonyl (C=O) groups excluding carboxylic acids is 1. The molecule has 186 valence electrons. The zero-order valence-electron chi connectivity index (χ0n) is 21.1. The highest BCUT2D eigenvalue weighted by atomic mass is 16.5. The van der Waals surface area contributed by atoms with Crippen LogP contribution < -0.4 is 5.32 Å². The van der Waals surface area contributed by atoms with Crippen molar-refractivity contribution in [2.45, 2.75) is 51.6 Å². The average Bonchev–Trinajstić information content (AvgIpc) is 3.49. The van der Waals surface area contributed by atoms with Crippen molar-refractivity contribution >= 4 is 22.6 Å². The topological polar surface area (TPSA) is 81.5 Å². The van der Waals surface area contributed by atoms with Gasteiger partial charge in [0.15, 0.2) is 0 Å². The van der Waals surface area contributed by atoms with Crippen LogP contribution in [0.2, 0.25) is 0 Å². The molecule has 2 aliphatic heterocycles. The molecule has 3 aromatic rings. The second-order valence-corrected chi connectivity index (χ2v) is 9.82. The molecule has 5 rings (SSSR count). The number of fused-ring (bicyclic) bond motifs is 1. The zero-order chi connectivity index (χ0) is 24.6. The van der Waals surface area contributed by atoms with Crippen LogP contribution in [0, 0.1) is 6.92 Å². The molecule has 2 aliphatic rings. The van der Waals surface area contributed by atoms with Gasteiger partial charge in [-0.25, -0.2) is 9.97 Å². The number of carbonyl (C=O) groups is 1.